The summed E-state index contributed by atoms with van der Waals surface area (Å²) in [6, 6.07) is 0. The van der Waals surface area contributed by atoms with Gasteiger partial charge in [-0.15, -0.1) is 6.58 Å². The summed E-state index contributed by atoms with van der Waals surface area (Å²) in [6.45, 7) is 9.64. The monoisotopic (exact) mass is 155 g/mol. The normalized spacial score (nSPS) is 9.55. The smallest absolute Gasteiger partial charge is 0.0686 e. The third-order valence-corrected chi connectivity index (χ3v) is 1.20. The molecule has 0 spiro atoms. The Kier molecular flexibility index (Phi) is 7.10. The van der Waals surface area contributed by atoms with Crippen molar-refractivity contribution in [3.63, 3.8) is 0 Å². The topological polar surface area (TPSA) is 21.3 Å². The number of nitrogens with one attached hydrogen (secondary N) is 1. The van der Waals surface area contributed by atoms with Crippen LogP contribution in [0.25, 0.3) is 0 Å². The molecule has 64 valence electrons. The van der Waals surface area contributed by atoms with Gasteiger partial charge in [0.05, 0.1) is 13.2 Å². The molecule has 0 aliphatic carbocycles. The van der Waals surface area contributed by atoms with Crippen LogP contribution in [0.1, 0.15) is 6.42 Å². The van der Waals surface area contributed by atoms with Crippen molar-refractivity contribution in [3.05, 3.63) is 24.8 Å². The van der Waals surface area contributed by atoms with Crippen molar-refractivity contribution >= 4 is 0 Å². The second kappa shape index (κ2) is 7.51. The fraction of sp³-hybridized carbons (Fsp3) is 0.556. The molecule has 0 unspecified atom stereocenters. The lowest BCUT2D eigenvalue weighted by molar-refractivity contribution is 0.160. The van der Waals surface area contributed by atoms with E-state index in [4.69, 9.17) is 4.74 Å². The summed E-state index contributed by atoms with van der Waals surface area (Å²) in [5, 5.41) is 3.01. The number of hydrogen-bond acceptors (Lipinski definition) is 2. The molecule has 0 fully saturated rings. The molecule has 0 radical (unpaired) electrons. The molecule has 11 heavy (non-hydrogen) atoms. The highest BCUT2D eigenvalue weighted by atomic mass is 16.5. The van der Waals surface area contributed by atoms with Crippen molar-refractivity contribution in [2.24, 2.45) is 0 Å². The highest BCUT2D eigenvalue weighted by Gasteiger charge is 1.90. The Morgan fingerprint density at radius 1 is 1.64 bits per heavy atom. The van der Waals surface area contributed by atoms with Crippen molar-refractivity contribution in [2.45, 2.75) is 6.42 Å². The molecule has 0 aromatic heterocycles. The van der Waals surface area contributed by atoms with Crippen molar-refractivity contribution in [3.8, 4) is 0 Å². The lowest BCUT2D eigenvalue weighted by atomic mass is 10.3. The van der Waals surface area contributed by atoms with Crippen molar-refractivity contribution in [2.75, 3.05) is 26.8 Å². The van der Waals surface area contributed by atoms with Gasteiger partial charge in [0.2, 0.25) is 0 Å². The summed E-state index contributed by atoms with van der Waals surface area (Å²) in [6.07, 6.45) is 2.76. The summed E-state index contributed by atoms with van der Waals surface area (Å²) in [4.78, 5) is 0. The van der Waals surface area contributed by atoms with Crippen LogP contribution in [0.4, 0.5) is 0 Å². The molecule has 0 aromatic rings. The van der Waals surface area contributed by atoms with E-state index in [1.165, 1.54) is 0 Å². The highest BCUT2D eigenvalue weighted by molar-refractivity contribution is 4.96. The van der Waals surface area contributed by atoms with Gasteiger partial charge in [-0.1, -0.05) is 12.7 Å². The molecule has 2 heteroatoms. The van der Waals surface area contributed by atoms with Gasteiger partial charge in [0.25, 0.3) is 0 Å². The van der Waals surface area contributed by atoms with Gasteiger partial charge in [0, 0.05) is 6.54 Å². The minimum absolute atomic E-state index is 0.648. The zero-order valence-electron chi connectivity index (χ0n) is 7.23. The Balaban J connectivity index is 3.10. The Morgan fingerprint density at radius 3 is 2.91 bits per heavy atom. The van der Waals surface area contributed by atoms with E-state index >= 15 is 0 Å². The van der Waals surface area contributed by atoms with Crippen LogP contribution >= 0.6 is 0 Å². The summed E-state index contributed by atoms with van der Waals surface area (Å²) < 4.78 is 5.28. The van der Waals surface area contributed by atoms with Crippen LogP contribution in [0.15, 0.2) is 24.8 Å². The average molecular weight is 155 g/mol. The quantitative estimate of drug-likeness (QED) is 0.442. The van der Waals surface area contributed by atoms with Crippen molar-refractivity contribution in [1.82, 2.24) is 5.32 Å². The van der Waals surface area contributed by atoms with Gasteiger partial charge in [0.15, 0.2) is 0 Å². The zero-order chi connectivity index (χ0) is 8.53. The van der Waals surface area contributed by atoms with E-state index in [-0.39, 0.29) is 0 Å². The molecule has 0 aliphatic rings. The molecular weight excluding hydrogens is 138 g/mol. The van der Waals surface area contributed by atoms with Crippen LogP contribution in [0.2, 0.25) is 0 Å². The number of likely N-dealkylation sites (N-methyl/N-ethyl adjacent to an activating group) is 1. The van der Waals surface area contributed by atoms with Gasteiger partial charge in [-0.3, -0.25) is 0 Å². The number of hydrogen-bond donors (Lipinski definition) is 1. The average Bonchev–Trinajstić information content (AvgIpc) is 1.99. The molecular formula is C9H17NO. The first kappa shape index (κ1) is 10.4. The summed E-state index contributed by atoms with van der Waals surface area (Å²) in [5.74, 6) is 0. The third kappa shape index (κ3) is 7.30. The molecule has 0 saturated carbocycles. The van der Waals surface area contributed by atoms with E-state index in [2.05, 4.69) is 18.5 Å². The summed E-state index contributed by atoms with van der Waals surface area (Å²) in [5.41, 5.74) is 1.08. The Labute approximate surface area is 68.9 Å². The van der Waals surface area contributed by atoms with Crippen molar-refractivity contribution < 1.29 is 4.74 Å². The summed E-state index contributed by atoms with van der Waals surface area (Å²) in [7, 11) is 1.90. The Bertz CT molecular complexity index is 121. The van der Waals surface area contributed by atoms with Crippen LogP contribution in [-0.2, 0) is 4.74 Å². The second-order valence-electron chi connectivity index (χ2n) is 2.41. The van der Waals surface area contributed by atoms with E-state index in [1.807, 2.05) is 13.1 Å². The van der Waals surface area contributed by atoms with Crippen LogP contribution in [0.3, 0.4) is 0 Å². The number of rotatable bonds is 7. The van der Waals surface area contributed by atoms with E-state index in [9.17, 15) is 0 Å². The molecule has 0 aromatic carbocycles. The maximum absolute atomic E-state index is 5.28. The minimum atomic E-state index is 0.648. The first-order valence-corrected chi connectivity index (χ1v) is 3.81. The molecule has 0 aliphatic heterocycles. The molecule has 0 rings (SSSR count). The molecule has 2 nitrogen and oxygen atoms in total. The van der Waals surface area contributed by atoms with E-state index in [0.29, 0.717) is 6.61 Å². The molecule has 1 N–H and O–H groups in total. The fourth-order valence-electron chi connectivity index (χ4n) is 0.684. The predicted molar refractivity (Wildman–Crippen MR) is 48.7 cm³/mol. The largest absolute Gasteiger partial charge is 0.377 e. The first-order chi connectivity index (χ1) is 5.31. The van der Waals surface area contributed by atoms with E-state index < -0.39 is 0 Å². The predicted octanol–water partition coefficient (Wildman–Crippen LogP) is 1.35. The van der Waals surface area contributed by atoms with E-state index in [1.54, 1.807) is 0 Å². The number of ether oxygens (including phenoxy) is 1. The maximum Gasteiger partial charge on any atom is 0.0686 e. The third-order valence-electron chi connectivity index (χ3n) is 1.20. The van der Waals surface area contributed by atoms with Gasteiger partial charge in [-0.05, 0) is 19.0 Å². The van der Waals surface area contributed by atoms with Gasteiger partial charge in [-0.25, -0.2) is 0 Å². The lowest BCUT2D eigenvalue weighted by Crippen LogP contribution is -2.13. The Morgan fingerprint density at radius 2 is 2.36 bits per heavy atom. The zero-order valence-corrected chi connectivity index (χ0v) is 7.23. The first-order valence-electron chi connectivity index (χ1n) is 3.81. The highest BCUT2D eigenvalue weighted by Crippen LogP contribution is 1.90. The van der Waals surface area contributed by atoms with Crippen molar-refractivity contribution in [1.29, 1.82) is 0 Å². The maximum atomic E-state index is 5.28. The fourth-order valence-corrected chi connectivity index (χ4v) is 0.684. The summed E-state index contributed by atoms with van der Waals surface area (Å²) >= 11 is 0. The SMILES string of the molecule is C=CCCOCC(=C)CNC. The lowest BCUT2D eigenvalue weighted by Gasteiger charge is -2.04. The van der Waals surface area contributed by atoms with Gasteiger partial charge >= 0.3 is 0 Å². The van der Waals surface area contributed by atoms with Crippen LogP contribution in [0.5, 0.6) is 0 Å². The molecule has 0 bridgehead atoms. The molecule has 0 amide bonds. The van der Waals surface area contributed by atoms with Crippen LogP contribution < -0.4 is 5.32 Å². The van der Waals surface area contributed by atoms with Gasteiger partial charge in [0.1, 0.15) is 0 Å². The molecule has 0 saturated heterocycles. The Hall–Kier alpha value is -0.600. The molecule has 0 atom stereocenters. The standard InChI is InChI=1S/C9H17NO/c1-4-5-6-11-8-9(2)7-10-3/h4,10H,1-2,5-8H2,3H3. The molecule has 0 heterocycles. The van der Waals surface area contributed by atoms with E-state index in [0.717, 1.165) is 25.1 Å². The van der Waals surface area contributed by atoms with Crippen LogP contribution in [-0.4, -0.2) is 26.8 Å². The minimum Gasteiger partial charge on any atom is -0.377 e. The van der Waals surface area contributed by atoms with Gasteiger partial charge < -0.3 is 10.1 Å². The second-order valence-corrected chi connectivity index (χ2v) is 2.41. The van der Waals surface area contributed by atoms with Crippen LogP contribution in [0, 0.1) is 0 Å². The van der Waals surface area contributed by atoms with Gasteiger partial charge in [-0.2, -0.15) is 0 Å².